The average Bonchev–Trinajstić information content (AvgIpc) is 3.41. The molecule has 33 heavy (non-hydrogen) atoms. The second-order valence-electron chi connectivity index (χ2n) is 7.29. The number of carbonyl (C=O) groups excluding carboxylic acids is 1. The summed E-state index contributed by atoms with van der Waals surface area (Å²) in [5.74, 6) is 0.985. The third-order valence-corrected chi connectivity index (χ3v) is 7.72. The molecule has 9 nitrogen and oxygen atoms in total. The quantitative estimate of drug-likeness (QED) is 0.392. The number of carbonyl (C=O) groups is 1. The molecule has 0 aliphatic carbocycles. The van der Waals surface area contributed by atoms with Crippen molar-refractivity contribution < 1.29 is 9.90 Å². The number of hydrogen-bond acceptors (Lipinski definition) is 9. The molecule has 0 spiro atoms. The van der Waals surface area contributed by atoms with E-state index in [1.807, 2.05) is 6.07 Å². The van der Waals surface area contributed by atoms with Crippen molar-refractivity contribution in [2.24, 2.45) is 0 Å². The topological polar surface area (TPSA) is 113 Å². The fourth-order valence-corrected chi connectivity index (χ4v) is 5.93. The summed E-state index contributed by atoms with van der Waals surface area (Å²) in [6.45, 7) is 2.00. The van der Waals surface area contributed by atoms with E-state index < -0.39 is 0 Å². The van der Waals surface area contributed by atoms with Crippen molar-refractivity contribution in [3.8, 4) is 5.75 Å². The lowest BCUT2D eigenvalue weighted by Gasteiger charge is -2.20. The molecule has 2 aromatic carbocycles. The van der Waals surface area contributed by atoms with Crippen molar-refractivity contribution in [2.75, 3.05) is 16.1 Å². The third-order valence-electron chi connectivity index (χ3n) is 5.09. The second-order valence-corrected chi connectivity index (χ2v) is 10.3. The predicted molar refractivity (Wildman–Crippen MR) is 132 cm³/mol. The van der Waals surface area contributed by atoms with Crippen LogP contribution >= 0.6 is 39.0 Å². The monoisotopic (exact) mass is 544 g/mol. The van der Waals surface area contributed by atoms with Gasteiger partial charge in [-0.3, -0.25) is 14.5 Å². The van der Waals surface area contributed by atoms with Gasteiger partial charge < -0.3 is 10.5 Å². The first kappa shape index (κ1) is 21.9. The van der Waals surface area contributed by atoms with Gasteiger partial charge in [0.15, 0.2) is 0 Å². The van der Waals surface area contributed by atoms with E-state index in [0.717, 1.165) is 10.0 Å². The number of rotatable bonds is 5. The van der Waals surface area contributed by atoms with E-state index in [2.05, 4.69) is 36.5 Å². The Morgan fingerprint density at radius 1 is 1.18 bits per heavy atom. The van der Waals surface area contributed by atoms with E-state index in [4.69, 9.17) is 0 Å². The number of fused-ring (bicyclic) bond motifs is 1. The van der Waals surface area contributed by atoms with Gasteiger partial charge in [-0.15, -0.1) is 22.0 Å². The van der Waals surface area contributed by atoms with Gasteiger partial charge in [0.25, 0.3) is 5.56 Å². The van der Waals surface area contributed by atoms with Gasteiger partial charge in [0.05, 0.1) is 23.2 Å². The molecule has 1 unspecified atom stereocenters. The second kappa shape index (κ2) is 8.76. The highest BCUT2D eigenvalue weighted by atomic mass is 79.9. The summed E-state index contributed by atoms with van der Waals surface area (Å²) >= 11 is 6.18. The van der Waals surface area contributed by atoms with Crippen LogP contribution in [0.5, 0.6) is 5.75 Å². The van der Waals surface area contributed by atoms with E-state index in [1.54, 1.807) is 48.2 Å². The van der Waals surface area contributed by atoms with Crippen LogP contribution in [0.1, 0.15) is 21.8 Å². The van der Waals surface area contributed by atoms with Gasteiger partial charge in [0, 0.05) is 4.47 Å². The molecule has 1 saturated heterocycles. The average molecular weight is 545 g/mol. The summed E-state index contributed by atoms with van der Waals surface area (Å²) in [6, 6.07) is 12.2. The van der Waals surface area contributed by atoms with Crippen molar-refractivity contribution in [3.63, 3.8) is 0 Å². The minimum atomic E-state index is -0.236. The summed E-state index contributed by atoms with van der Waals surface area (Å²) < 4.78 is 2.20. The number of amides is 1. The number of hydrogen-bond donors (Lipinski definition) is 2. The number of phenolic OH excluding ortho intramolecular Hbond substituents is 1. The zero-order valence-corrected chi connectivity index (χ0v) is 20.4. The Bertz CT molecular complexity index is 1420. The minimum Gasteiger partial charge on any atom is -0.508 e. The summed E-state index contributed by atoms with van der Waals surface area (Å²) in [5, 5.41) is 19.4. The number of nitrogens with one attached hydrogen (secondary N) is 1. The molecule has 1 fully saturated rings. The summed E-state index contributed by atoms with van der Waals surface area (Å²) in [5.41, 5.74) is 4.39. The predicted octanol–water partition coefficient (Wildman–Crippen LogP) is 3.55. The number of aryl methyl sites for hydroxylation is 1. The van der Waals surface area contributed by atoms with Gasteiger partial charge in [-0.2, -0.15) is 0 Å². The summed E-state index contributed by atoms with van der Waals surface area (Å²) in [4.78, 5) is 31.6. The smallest absolute Gasteiger partial charge is 0.279 e. The van der Waals surface area contributed by atoms with Gasteiger partial charge in [0.1, 0.15) is 22.0 Å². The Labute approximate surface area is 204 Å². The molecule has 4 aromatic rings. The van der Waals surface area contributed by atoms with Gasteiger partial charge in [-0.05, 0) is 42.8 Å². The lowest BCUT2D eigenvalue weighted by Crippen LogP contribution is -2.31. The molecule has 2 aromatic heterocycles. The molecule has 0 saturated carbocycles. The van der Waals surface area contributed by atoms with Crippen LogP contribution in [0, 0.1) is 6.92 Å². The van der Waals surface area contributed by atoms with Crippen LogP contribution in [-0.2, 0) is 11.3 Å². The van der Waals surface area contributed by atoms with Gasteiger partial charge >= 0.3 is 0 Å². The Balaban J connectivity index is 1.38. The van der Waals surface area contributed by atoms with Crippen molar-refractivity contribution in [1.29, 1.82) is 0 Å². The third kappa shape index (κ3) is 4.21. The molecule has 168 valence electrons. The van der Waals surface area contributed by atoms with Crippen molar-refractivity contribution >= 4 is 61.0 Å². The van der Waals surface area contributed by atoms with Crippen LogP contribution in [0.25, 0.3) is 10.9 Å². The fourth-order valence-electron chi connectivity index (χ4n) is 3.53. The number of aromatic nitrogens is 4. The number of halogens is 1. The Hall–Kier alpha value is -2.96. The lowest BCUT2D eigenvalue weighted by molar-refractivity contribution is -0.115. The van der Waals surface area contributed by atoms with Gasteiger partial charge in [-0.25, -0.2) is 9.66 Å². The molecular weight excluding hydrogens is 528 g/mol. The molecule has 1 atom stereocenters. The first-order chi connectivity index (χ1) is 15.9. The summed E-state index contributed by atoms with van der Waals surface area (Å²) in [7, 11) is 0. The Kier molecular flexibility index (Phi) is 5.81. The van der Waals surface area contributed by atoms with Crippen LogP contribution in [0.3, 0.4) is 0 Å². The number of benzene rings is 2. The van der Waals surface area contributed by atoms with Crippen LogP contribution in [-0.4, -0.2) is 36.6 Å². The Morgan fingerprint density at radius 2 is 1.97 bits per heavy atom. The van der Waals surface area contributed by atoms with E-state index in [-0.39, 0.29) is 29.1 Å². The molecule has 1 amide bonds. The SMILES string of the molecule is Cc1nc2ccc(Br)cc2c(=O)n1NCc1nnc(N2C(=O)CSC2c2ccc(O)cc2)s1. The standard InChI is InChI=1S/C21H17BrN6O3S2/c1-11-24-16-7-4-13(22)8-15(16)19(31)28(11)23-9-17-25-26-21(33-17)27-18(30)10-32-20(27)12-2-5-14(29)6-3-12/h2-8,20,23,29H,9-10H2,1H3. The highest BCUT2D eigenvalue weighted by Gasteiger charge is 2.36. The Morgan fingerprint density at radius 3 is 2.76 bits per heavy atom. The molecule has 2 N–H and O–H groups in total. The highest BCUT2D eigenvalue weighted by molar-refractivity contribution is 9.10. The number of thioether (sulfide) groups is 1. The van der Waals surface area contributed by atoms with Crippen LogP contribution < -0.4 is 15.9 Å². The van der Waals surface area contributed by atoms with Crippen LogP contribution in [0.4, 0.5) is 5.13 Å². The van der Waals surface area contributed by atoms with Crippen LogP contribution in [0.15, 0.2) is 51.7 Å². The van der Waals surface area contributed by atoms with Gasteiger partial charge in [-0.1, -0.05) is 39.4 Å². The molecule has 12 heteroatoms. The summed E-state index contributed by atoms with van der Waals surface area (Å²) in [6.07, 6.45) is 0. The molecular formula is C21H17BrN6O3S2. The molecule has 1 aliphatic rings. The van der Waals surface area contributed by atoms with Crippen molar-refractivity contribution in [3.05, 3.63) is 73.7 Å². The maximum absolute atomic E-state index is 12.9. The molecule has 5 rings (SSSR count). The normalized spacial score (nSPS) is 16.0. The lowest BCUT2D eigenvalue weighted by atomic mass is 10.2. The maximum Gasteiger partial charge on any atom is 0.279 e. The number of anilines is 1. The molecule has 1 aliphatic heterocycles. The molecule has 0 bridgehead atoms. The minimum absolute atomic E-state index is 0.0508. The van der Waals surface area contributed by atoms with E-state index >= 15 is 0 Å². The molecule has 0 radical (unpaired) electrons. The molecule has 3 heterocycles. The van der Waals surface area contributed by atoms with E-state index in [0.29, 0.717) is 32.6 Å². The van der Waals surface area contributed by atoms with Gasteiger partial charge in [0.2, 0.25) is 11.0 Å². The fraction of sp³-hybridized carbons (Fsp3) is 0.190. The van der Waals surface area contributed by atoms with E-state index in [1.165, 1.54) is 27.8 Å². The van der Waals surface area contributed by atoms with Crippen molar-refractivity contribution in [2.45, 2.75) is 18.8 Å². The number of nitrogens with zero attached hydrogens (tertiary/aromatic N) is 5. The van der Waals surface area contributed by atoms with Crippen molar-refractivity contribution in [1.82, 2.24) is 19.9 Å². The number of phenols is 1. The highest BCUT2D eigenvalue weighted by Crippen LogP contribution is 2.42. The zero-order chi connectivity index (χ0) is 23.1. The largest absolute Gasteiger partial charge is 0.508 e. The zero-order valence-electron chi connectivity index (χ0n) is 17.2. The van der Waals surface area contributed by atoms with E-state index in [9.17, 15) is 14.7 Å². The first-order valence-corrected chi connectivity index (χ1v) is 12.5. The number of aromatic hydroxyl groups is 1. The first-order valence-electron chi connectivity index (χ1n) is 9.88. The maximum atomic E-state index is 12.9. The van der Waals surface area contributed by atoms with Crippen LogP contribution in [0.2, 0.25) is 0 Å².